The largest absolute Gasteiger partial charge is 0.325 e. The number of amides is 1. The van der Waals surface area contributed by atoms with Crippen LogP contribution >= 0.6 is 23.1 Å². The molecule has 1 heterocycles. The van der Waals surface area contributed by atoms with Crippen LogP contribution in [0.1, 0.15) is 13.3 Å². The Kier molecular flexibility index (Phi) is 4.86. The molecule has 1 N–H and O–H groups in total. The predicted octanol–water partition coefficient (Wildman–Crippen LogP) is 3.19. The number of rotatable bonds is 5. The van der Waals surface area contributed by atoms with Gasteiger partial charge in [-0.1, -0.05) is 30.0 Å². The Morgan fingerprint density at radius 2 is 2.21 bits per heavy atom. The topological polar surface area (TPSA) is 54.9 Å². The van der Waals surface area contributed by atoms with Crippen LogP contribution in [0.25, 0.3) is 0 Å². The van der Waals surface area contributed by atoms with Gasteiger partial charge in [-0.15, -0.1) is 10.2 Å². The number of anilines is 1. The third kappa shape index (κ3) is 4.00. The number of aromatic nitrogens is 2. The maximum Gasteiger partial charge on any atom is 0.237 e. The van der Waals surface area contributed by atoms with Gasteiger partial charge in [-0.2, -0.15) is 0 Å². The molecule has 0 fully saturated rings. The van der Waals surface area contributed by atoms with Crippen molar-refractivity contribution in [2.45, 2.75) is 22.9 Å². The lowest BCUT2D eigenvalue weighted by Gasteiger charge is -2.12. The zero-order chi connectivity index (χ0) is 13.7. The smallest absolute Gasteiger partial charge is 0.237 e. The minimum atomic E-state index is -0.326. The van der Waals surface area contributed by atoms with Crippen LogP contribution in [0, 0.1) is 5.82 Å². The predicted molar refractivity (Wildman–Crippen MR) is 74.9 cm³/mol. The Morgan fingerprint density at radius 3 is 2.79 bits per heavy atom. The highest BCUT2D eigenvalue weighted by Crippen LogP contribution is 2.27. The van der Waals surface area contributed by atoms with Crippen molar-refractivity contribution in [1.29, 1.82) is 0 Å². The average molecular weight is 297 g/mol. The first kappa shape index (κ1) is 14.0. The molecule has 0 radical (unpaired) electrons. The fourth-order valence-electron chi connectivity index (χ4n) is 1.41. The molecule has 7 heteroatoms. The molecule has 0 aliphatic carbocycles. The molecule has 2 aromatic rings. The minimum Gasteiger partial charge on any atom is -0.325 e. The van der Waals surface area contributed by atoms with Crippen LogP contribution in [0.2, 0.25) is 0 Å². The van der Waals surface area contributed by atoms with Crippen LogP contribution in [0.15, 0.2) is 34.1 Å². The van der Waals surface area contributed by atoms with Crippen LogP contribution in [-0.2, 0) is 4.79 Å². The molecular weight excluding hydrogens is 285 g/mol. The lowest BCUT2D eigenvalue weighted by atomic mass is 10.2. The third-order valence-electron chi connectivity index (χ3n) is 2.36. The van der Waals surface area contributed by atoms with E-state index in [4.69, 9.17) is 0 Å². The zero-order valence-electron chi connectivity index (χ0n) is 10.2. The molecule has 0 bridgehead atoms. The summed E-state index contributed by atoms with van der Waals surface area (Å²) in [5, 5.41) is 10.2. The highest BCUT2D eigenvalue weighted by atomic mass is 32.2. The molecule has 0 saturated heterocycles. The van der Waals surface area contributed by atoms with Gasteiger partial charge in [0.1, 0.15) is 11.3 Å². The van der Waals surface area contributed by atoms with E-state index in [0.29, 0.717) is 12.1 Å². The zero-order valence-corrected chi connectivity index (χ0v) is 11.8. The number of carbonyl (C=O) groups excluding carboxylic acids is 1. The normalized spacial score (nSPS) is 12.1. The fraction of sp³-hybridized carbons (Fsp3) is 0.250. The molecule has 1 amide bonds. The molecular formula is C12H12FN3OS2. The third-order valence-corrected chi connectivity index (χ3v) is 4.53. The van der Waals surface area contributed by atoms with Crippen LogP contribution in [0.3, 0.4) is 0 Å². The summed E-state index contributed by atoms with van der Waals surface area (Å²) in [5.41, 5.74) is 2.22. The maximum atomic E-state index is 12.8. The van der Waals surface area contributed by atoms with E-state index in [1.807, 2.05) is 6.92 Å². The van der Waals surface area contributed by atoms with Crippen molar-refractivity contribution in [1.82, 2.24) is 10.2 Å². The van der Waals surface area contributed by atoms with Crippen LogP contribution in [-0.4, -0.2) is 21.4 Å². The number of halogens is 1. The second-order valence-electron chi connectivity index (χ2n) is 3.72. The number of thioether (sulfide) groups is 1. The summed E-state index contributed by atoms with van der Waals surface area (Å²) in [6.07, 6.45) is 0.678. The first-order chi connectivity index (χ1) is 9.19. The van der Waals surface area contributed by atoms with Crippen molar-refractivity contribution in [3.8, 4) is 0 Å². The summed E-state index contributed by atoms with van der Waals surface area (Å²) in [6, 6.07) is 5.70. The summed E-state index contributed by atoms with van der Waals surface area (Å²) in [5.74, 6) is -0.442. The summed E-state index contributed by atoms with van der Waals surface area (Å²) >= 11 is 2.79. The quantitative estimate of drug-likeness (QED) is 0.861. The Hall–Kier alpha value is -1.47. The van der Waals surface area contributed by atoms with E-state index in [1.165, 1.54) is 47.4 Å². The van der Waals surface area contributed by atoms with E-state index >= 15 is 0 Å². The molecule has 2 rings (SSSR count). The summed E-state index contributed by atoms with van der Waals surface area (Å²) in [7, 11) is 0. The number of nitrogens with zero attached hydrogens (tertiary/aromatic N) is 2. The molecule has 4 nitrogen and oxygen atoms in total. The molecule has 1 aromatic carbocycles. The van der Waals surface area contributed by atoms with Gasteiger partial charge < -0.3 is 5.32 Å². The summed E-state index contributed by atoms with van der Waals surface area (Å²) < 4.78 is 13.5. The molecule has 0 spiro atoms. The number of nitrogens with one attached hydrogen (secondary N) is 1. The first-order valence-corrected chi connectivity index (χ1v) is 7.44. The van der Waals surface area contributed by atoms with Gasteiger partial charge in [0.2, 0.25) is 5.91 Å². The van der Waals surface area contributed by atoms with E-state index < -0.39 is 0 Å². The lowest BCUT2D eigenvalue weighted by molar-refractivity contribution is -0.115. The Labute approximate surface area is 118 Å². The van der Waals surface area contributed by atoms with E-state index in [-0.39, 0.29) is 17.0 Å². The molecule has 19 heavy (non-hydrogen) atoms. The van der Waals surface area contributed by atoms with Gasteiger partial charge in [-0.05, 0) is 30.7 Å². The molecule has 100 valence electrons. The maximum absolute atomic E-state index is 12.8. The van der Waals surface area contributed by atoms with Crippen molar-refractivity contribution >= 4 is 34.7 Å². The van der Waals surface area contributed by atoms with Crippen molar-refractivity contribution in [2.75, 3.05) is 5.32 Å². The number of hydrogen-bond donors (Lipinski definition) is 1. The summed E-state index contributed by atoms with van der Waals surface area (Å²) in [6.45, 7) is 1.93. The number of benzene rings is 1. The molecule has 1 aromatic heterocycles. The monoisotopic (exact) mass is 297 g/mol. The van der Waals surface area contributed by atoms with Gasteiger partial charge in [0.15, 0.2) is 4.34 Å². The molecule has 0 saturated carbocycles. The minimum absolute atomic E-state index is 0.116. The number of carbonyl (C=O) groups is 1. The molecule has 0 unspecified atom stereocenters. The second-order valence-corrected chi connectivity index (χ2v) is 6.00. The molecule has 1 atom stereocenters. The lowest BCUT2D eigenvalue weighted by Crippen LogP contribution is -2.24. The Morgan fingerprint density at radius 1 is 1.47 bits per heavy atom. The van der Waals surface area contributed by atoms with Crippen molar-refractivity contribution in [3.63, 3.8) is 0 Å². The van der Waals surface area contributed by atoms with Crippen LogP contribution in [0.5, 0.6) is 0 Å². The van der Waals surface area contributed by atoms with E-state index in [0.717, 1.165) is 4.34 Å². The van der Waals surface area contributed by atoms with Gasteiger partial charge >= 0.3 is 0 Å². The fourth-order valence-corrected chi connectivity index (χ4v) is 3.06. The average Bonchev–Trinajstić information content (AvgIpc) is 2.91. The van der Waals surface area contributed by atoms with E-state index in [2.05, 4.69) is 15.5 Å². The first-order valence-electron chi connectivity index (χ1n) is 5.68. The van der Waals surface area contributed by atoms with E-state index in [9.17, 15) is 9.18 Å². The van der Waals surface area contributed by atoms with Gasteiger partial charge in [-0.3, -0.25) is 4.79 Å². The van der Waals surface area contributed by atoms with Crippen LogP contribution in [0.4, 0.5) is 10.1 Å². The van der Waals surface area contributed by atoms with Gasteiger partial charge in [-0.25, -0.2) is 4.39 Å². The number of hydrogen-bond acceptors (Lipinski definition) is 5. The standard InChI is InChI=1S/C12H12FN3OS2/c1-2-10(19-12-16-14-7-18-12)11(17)15-9-5-3-8(13)4-6-9/h3-7,10H,2H2,1H3,(H,15,17)/t10-/m1/s1. The van der Waals surface area contributed by atoms with Crippen LogP contribution < -0.4 is 5.32 Å². The second kappa shape index (κ2) is 6.63. The highest BCUT2D eigenvalue weighted by Gasteiger charge is 2.19. The molecule has 0 aliphatic rings. The molecule has 0 aliphatic heterocycles. The Bertz CT molecular complexity index is 530. The van der Waals surface area contributed by atoms with Gasteiger partial charge in [0.05, 0.1) is 5.25 Å². The van der Waals surface area contributed by atoms with Crippen molar-refractivity contribution < 1.29 is 9.18 Å². The van der Waals surface area contributed by atoms with Crippen molar-refractivity contribution in [2.24, 2.45) is 0 Å². The van der Waals surface area contributed by atoms with Gasteiger partial charge in [0, 0.05) is 5.69 Å². The highest BCUT2D eigenvalue weighted by molar-refractivity contribution is 8.02. The summed E-state index contributed by atoms with van der Waals surface area (Å²) in [4.78, 5) is 12.1. The van der Waals surface area contributed by atoms with Crippen molar-refractivity contribution in [3.05, 3.63) is 35.6 Å². The Balaban J connectivity index is 1.98. The van der Waals surface area contributed by atoms with Gasteiger partial charge in [0.25, 0.3) is 0 Å². The SMILES string of the molecule is CC[C@@H](Sc1nncs1)C(=O)Nc1ccc(F)cc1. The van der Waals surface area contributed by atoms with E-state index in [1.54, 1.807) is 5.51 Å².